The molecule has 0 saturated carbocycles. The first-order valence-electron chi connectivity index (χ1n) is 7.85. The average molecular weight is 312 g/mol. The molecule has 1 rings (SSSR count). The molecule has 1 fully saturated rings. The minimum absolute atomic E-state index is 0.121. The summed E-state index contributed by atoms with van der Waals surface area (Å²) < 4.78 is 0. The zero-order valence-electron chi connectivity index (χ0n) is 14.1. The molecule has 0 aliphatic carbocycles. The van der Waals surface area contributed by atoms with E-state index >= 15 is 0 Å². The van der Waals surface area contributed by atoms with Gasteiger partial charge in [0.2, 0.25) is 17.7 Å². The maximum atomic E-state index is 12.0. The topological polar surface area (TPSA) is 73.0 Å². The number of nitrogens with one attached hydrogen (secondary N) is 1. The number of hydrogen-bond donors (Lipinski definition) is 1. The van der Waals surface area contributed by atoms with Gasteiger partial charge >= 0.3 is 0 Å². The van der Waals surface area contributed by atoms with Gasteiger partial charge in [0.15, 0.2) is 0 Å². The van der Waals surface area contributed by atoms with Crippen molar-refractivity contribution in [3.63, 3.8) is 0 Å². The molecule has 1 unspecified atom stereocenters. The van der Waals surface area contributed by atoms with Crippen molar-refractivity contribution < 1.29 is 14.4 Å². The van der Waals surface area contributed by atoms with E-state index in [4.69, 9.17) is 0 Å². The van der Waals surface area contributed by atoms with Crippen LogP contribution in [0.25, 0.3) is 0 Å². The van der Waals surface area contributed by atoms with Crippen LogP contribution in [0.4, 0.5) is 0 Å². The van der Waals surface area contributed by atoms with Crippen molar-refractivity contribution in [3.05, 3.63) is 0 Å². The smallest absolute Gasteiger partial charge is 0.244 e. The van der Waals surface area contributed by atoms with Crippen LogP contribution < -0.4 is 5.32 Å². The van der Waals surface area contributed by atoms with Crippen LogP contribution in [-0.4, -0.2) is 85.3 Å². The van der Waals surface area contributed by atoms with Gasteiger partial charge < -0.3 is 15.1 Å². The van der Waals surface area contributed by atoms with E-state index in [0.717, 1.165) is 19.5 Å². The number of carbonyl (C=O) groups excluding carboxylic acids is 3. The molecule has 1 heterocycles. The third kappa shape index (κ3) is 5.63. The van der Waals surface area contributed by atoms with E-state index in [1.165, 1.54) is 4.90 Å². The molecule has 0 aromatic rings. The number of likely N-dealkylation sites (N-methyl/N-ethyl adjacent to an activating group) is 1. The van der Waals surface area contributed by atoms with Crippen LogP contribution in [0.3, 0.4) is 0 Å². The van der Waals surface area contributed by atoms with Crippen LogP contribution in [0.15, 0.2) is 0 Å². The summed E-state index contributed by atoms with van der Waals surface area (Å²) >= 11 is 0. The highest BCUT2D eigenvalue weighted by atomic mass is 16.2. The molecular formula is C15H28N4O3. The van der Waals surface area contributed by atoms with E-state index in [1.54, 1.807) is 21.0 Å². The number of carbonyl (C=O) groups is 3. The maximum Gasteiger partial charge on any atom is 0.244 e. The number of nitrogens with zero attached hydrogens (tertiary/aromatic N) is 3. The Kier molecular flexibility index (Phi) is 7.31. The molecule has 22 heavy (non-hydrogen) atoms. The third-order valence-corrected chi connectivity index (χ3v) is 3.80. The van der Waals surface area contributed by atoms with Crippen molar-refractivity contribution in [1.82, 2.24) is 20.0 Å². The summed E-state index contributed by atoms with van der Waals surface area (Å²) in [7, 11) is 3.33. The Balaban J connectivity index is 2.42. The Hall–Kier alpha value is -1.63. The first kappa shape index (κ1) is 18.4. The highest BCUT2D eigenvalue weighted by molar-refractivity contribution is 5.87. The molecule has 0 radical (unpaired) electrons. The van der Waals surface area contributed by atoms with Crippen LogP contribution in [0.1, 0.15) is 26.7 Å². The lowest BCUT2D eigenvalue weighted by atomic mass is 10.3. The lowest BCUT2D eigenvalue weighted by Crippen LogP contribution is -2.48. The monoisotopic (exact) mass is 312 g/mol. The van der Waals surface area contributed by atoms with Crippen molar-refractivity contribution in [2.45, 2.75) is 32.7 Å². The summed E-state index contributed by atoms with van der Waals surface area (Å²) in [5.41, 5.74) is 0. The van der Waals surface area contributed by atoms with E-state index in [2.05, 4.69) is 5.32 Å². The Labute approximate surface area is 132 Å². The average Bonchev–Trinajstić information content (AvgIpc) is 2.70. The van der Waals surface area contributed by atoms with E-state index in [0.29, 0.717) is 19.5 Å². The lowest BCUT2D eigenvalue weighted by Gasteiger charge is -2.23. The molecule has 3 amide bonds. The van der Waals surface area contributed by atoms with Crippen LogP contribution in [0.5, 0.6) is 0 Å². The number of hydrogen-bond acceptors (Lipinski definition) is 4. The zero-order valence-corrected chi connectivity index (χ0v) is 14.1. The van der Waals surface area contributed by atoms with E-state index in [9.17, 15) is 14.4 Å². The summed E-state index contributed by atoms with van der Waals surface area (Å²) in [6.45, 7) is 6.70. The van der Waals surface area contributed by atoms with Gasteiger partial charge in [0.05, 0.1) is 6.54 Å². The molecule has 0 aromatic carbocycles. The molecule has 0 spiro atoms. The second-order valence-corrected chi connectivity index (χ2v) is 5.89. The summed E-state index contributed by atoms with van der Waals surface area (Å²) in [5.74, 6) is -0.113. The predicted octanol–water partition coefficient (Wildman–Crippen LogP) is -0.476. The zero-order chi connectivity index (χ0) is 16.7. The predicted molar refractivity (Wildman–Crippen MR) is 84.2 cm³/mol. The van der Waals surface area contributed by atoms with Crippen LogP contribution in [0, 0.1) is 0 Å². The van der Waals surface area contributed by atoms with Gasteiger partial charge in [-0.15, -0.1) is 0 Å². The van der Waals surface area contributed by atoms with Gasteiger partial charge in [0, 0.05) is 46.7 Å². The Morgan fingerprint density at radius 2 is 1.82 bits per heavy atom. The molecule has 0 aromatic heterocycles. The molecular weight excluding hydrogens is 284 g/mol. The largest absolute Gasteiger partial charge is 0.347 e. The van der Waals surface area contributed by atoms with Crippen molar-refractivity contribution in [1.29, 1.82) is 0 Å². The summed E-state index contributed by atoms with van der Waals surface area (Å²) in [4.78, 5) is 40.8. The highest BCUT2D eigenvalue weighted by Crippen LogP contribution is 2.04. The fraction of sp³-hybridized carbons (Fsp3) is 0.800. The normalized spacial score (nSPS) is 17.5. The quantitative estimate of drug-likeness (QED) is 0.744. The first-order valence-corrected chi connectivity index (χ1v) is 7.85. The SMILES string of the molecule is CCC(=O)N1CCCN(CC(=O)NC(C)C(=O)N(C)C)CC1. The number of amides is 3. The standard InChI is InChI=1S/C15H28N4O3/c1-5-14(21)19-8-6-7-18(9-10-19)11-13(20)16-12(2)15(22)17(3)4/h12H,5-11H2,1-4H3,(H,16,20). The summed E-state index contributed by atoms with van der Waals surface area (Å²) in [6, 6.07) is -0.521. The molecule has 7 nitrogen and oxygen atoms in total. The Bertz CT molecular complexity index is 412. The van der Waals surface area contributed by atoms with Crippen molar-refractivity contribution in [2.24, 2.45) is 0 Å². The summed E-state index contributed by atoms with van der Waals surface area (Å²) in [5, 5.41) is 2.72. The second-order valence-electron chi connectivity index (χ2n) is 5.89. The Morgan fingerprint density at radius 3 is 2.41 bits per heavy atom. The van der Waals surface area contributed by atoms with E-state index < -0.39 is 6.04 Å². The van der Waals surface area contributed by atoms with Crippen molar-refractivity contribution >= 4 is 17.7 Å². The van der Waals surface area contributed by atoms with Gasteiger partial charge in [0.1, 0.15) is 6.04 Å². The molecule has 1 saturated heterocycles. The Morgan fingerprint density at radius 1 is 1.14 bits per heavy atom. The molecule has 1 atom stereocenters. The first-order chi connectivity index (χ1) is 10.3. The van der Waals surface area contributed by atoms with Crippen LogP contribution >= 0.6 is 0 Å². The molecule has 126 valence electrons. The van der Waals surface area contributed by atoms with Gasteiger partial charge in [0.25, 0.3) is 0 Å². The fourth-order valence-corrected chi connectivity index (χ4v) is 2.54. The molecule has 7 heteroatoms. The minimum atomic E-state index is -0.521. The lowest BCUT2D eigenvalue weighted by molar-refractivity contribution is -0.134. The molecule has 1 aliphatic rings. The molecule has 0 bridgehead atoms. The minimum Gasteiger partial charge on any atom is -0.347 e. The van der Waals surface area contributed by atoms with E-state index in [1.807, 2.05) is 16.7 Å². The highest BCUT2D eigenvalue weighted by Gasteiger charge is 2.21. The van der Waals surface area contributed by atoms with Crippen molar-refractivity contribution in [2.75, 3.05) is 46.8 Å². The van der Waals surface area contributed by atoms with Crippen LogP contribution in [0.2, 0.25) is 0 Å². The van der Waals surface area contributed by atoms with Gasteiger partial charge in [-0.3, -0.25) is 19.3 Å². The summed E-state index contributed by atoms with van der Waals surface area (Å²) in [6.07, 6.45) is 1.38. The second kappa shape index (κ2) is 8.73. The number of rotatable bonds is 5. The molecule has 1 N–H and O–H groups in total. The van der Waals surface area contributed by atoms with Gasteiger partial charge in [-0.1, -0.05) is 6.92 Å². The van der Waals surface area contributed by atoms with Gasteiger partial charge in [-0.2, -0.15) is 0 Å². The molecule has 1 aliphatic heterocycles. The van der Waals surface area contributed by atoms with Gasteiger partial charge in [-0.25, -0.2) is 0 Å². The third-order valence-electron chi connectivity index (χ3n) is 3.80. The fourth-order valence-electron chi connectivity index (χ4n) is 2.54. The van der Waals surface area contributed by atoms with Crippen LogP contribution in [-0.2, 0) is 14.4 Å². The van der Waals surface area contributed by atoms with Crippen molar-refractivity contribution in [3.8, 4) is 0 Å². The maximum absolute atomic E-state index is 12.0. The van der Waals surface area contributed by atoms with E-state index in [-0.39, 0.29) is 24.3 Å². The van der Waals surface area contributed by atoms with Gasteiger partial charge in [-0.05, 0) is 13.3 Å².